The van der Waals surface area contributed by atoms with E-state index in [0.717, 1.165) is 20.6 Å². The van der Waals surface area contributed by atoms with E-state index >= 15 is 0 Å². The van der Waals surface area contributed by atoms with Crippen molar-refractivity contribution < 1.29 is 4.79 Å². The fraction of sp³-hybridized carbons (Fsp3) is 0.333. The van der Waals surface area contributed by atoms with E-state index in [4.69, 9.17) is 11.6 Å². The molecule has 2 aromatic heterocycles. The molecule has 2 N–H and O–H groups in total. The number of carbonyl (C=O) groups is 1. The van der Waals surface area contributed by atoms with Crippen molar-refractivity contribution >= 4 is 34.8 Å². The van der Waals surface area contributed by atoms with Gasteiger partial charge in [-0.25, -0.2) is 9.78 Å². The molecule has 0 aliphatic rings. The van der Waals surface area contributed by atoms with Crippen LogP contribution >= 0.6 is 22.9 Å². The summed E-state index contributed by atoms with van der Waals surface area (Å²) in [7, 11) is 3.87. The number of carbonyl (C=O) groups excluding carboxylic acids is 1. The first-order valence-corrected chi connectivity index (χ1v) is 8.07. The minimum atomic E-state index is -0.214. The summed E-state index contributed by atoms with van der Waals surface area (Å²) < 4.78 is 0.719. The Morgan fingerprint density at radius 3 is 2.68 bits per heavy atom. The Kier molecular flexibility index (Phi) is 5.63. The molecule has 0 saturated carbocycles. The molecular weight excluding hydrogens is 320 g/mol. The van der Waals surface area contributed by atoms with Crippen LogP contribution in [0.5, 0.6) is 0 Å². The molecule has 5 nitrogen and oxygen atoms in total. The smallest absolute Gasteiger partial charge is 0.315 e. The molecule has 0 spiro atoms. The summed E-state index contributed by atoms with van der Waals surface area (Å²) in [5.74, 6) is 0.886. The second-order valence-electron chi connectivity index (χ2n) is 5.11. The molecular formula is C15H19ClN4OS. The van der Waals surface area contributed by atoms with Crippen molar-refractivity contribution in [2.75, 3.05) is 19.0 Å². The number of thiophene rings is 1. The van der Waals surface area contributed by atoms with E-state index in [0.29, 0.717) is 6.54 Å². The van der Waals surface area contributed by atoms with Crippen molar-refractivity contribution in [1.82, 2.24) is 15.6 Å². The molecule has 2 amide bonds. The predicted octanol–water partition coefficient (Wildman–Crippen LogP) is 3.42. The van der Waals surface area contributed by atoms with Crippen LogP contribution in [0.4, 0.5) is 10.6 Å². The highest BCUT2D eigenvalue weighted by atomic mass is 35.5. The van der Waals surface area contributed by atoms with Gasteiger partial charge in [-0.15, -0.1) is 11.3 Å². The molecule has 0 saturated heterocycles. The van der Waals surface area contributed by atoms with E-state index in [1.165, 1.54) is 11.3 Å². The van der Waals surface area contributed by atoms with Crippen molar-refractivity contribution in [3.8, 4) is 0 Å². The Morgan fingerprint density at radius 1 is 1.36 bits per heavy atom. The number of hydrogen-bond acceptors (Lipinski definition) is 4. The van der Waals surface area contributed by atoms with Gasteiger partial charge in [0.1, 0.15) is 5.82 Å². The molecule has 0 aliphatic carbocycles. The molecule has 2 aromatic rings. The van der Waals surface area contributed by atoms with Gasteiger partial charge in [-0.05, 0) is 30.7 Å². The zero-order valence-electron chi connectivity index (χ0n) is 12.8. The zero-order chi connectivity index (χ0) is 16.1. The Bertz CT molecular complexity index is 627. The Balaban J connectivity index is 1.82. The lowest BCUT2D eigenvalue weighted by Gasteiger charge is -2.14. The molecule has 0 fully saturated rings. The molecule has 7 heteroatoms. The quantitative estimate of drug-likeness (QED) is 0.878. The lowest BCUT2D eigenvalue weighted by Crippen LogP contribution is -2.36. The Labute approximate surface area is 139 Å². The van der Waals surface area contributed by atoms with Crippen molar-refractivity contribution in [2.45, 2.75) is 19.5 Å². The summed E-state index contributed by atoms with van der Waals surface area (Å²) in [5.41, 5.74) is 0.951. The van der Waals surface area contributed by atoms with Crippen LogP contribution in [0, 0.1) is 0 Å². The molecule has 118 valence electrons. The SMILES string of the molecule is C[C@H](NC(=O)NCc1ccc(N(C)C)nc1)c1ccc(Cl)s1. The highest BCUT2D eigenvalue weighted by Crippen LogP contribution is 2.26. The third-order valence-electron chi connectivity index (χ3n) is 3.09. The van der Waals surface area contributed by atoms with Gasteiger partial charge in [0.15, 0.2) is 0 Å². The van der Waals surface area contributed by atoms with Crippen molar-refractivity contribution in [3.05, 3.63) is 45.2 Å². The van der Waals surface area contributed by atoms with Gasteiger partial charge in [-0.3, -0.25) is 0 Å². The largest absolute Gasteiger partial charge is 0.363 e. The molecule has 0 bridgehead atoms. The minimum Gasteiger partial charge on any atom is -0.363 e. The number of hydrogen-bond donors (Lipinski definition) is 2. The van der Waals surface area contributed by atoms with E-state index in [9.17, 15) is 4.79 Å². The summed E-state index contributed by atoms with van der Waals surface area (Å²) in [6.45, 7) is 2.36. The van der Waals surface area contributed by atoms with Crippen LogP contribution in [0.15, 0.2) is 30.5 Å². The fourth-order valence-corrected chi connectivity index (χ4v) is 2.91. The molecule has 0 aliphatic heterocycles. The van der Waals surface area contributed by atoms with Gasteiger partial charge >= 0.3 is 6.03 Å². The number of urea groups is 1. The number of nitrogens with one attached hydrogen (secondary N) is 2. The zero-order valence-corrected chi connectivity index (χ0v) is 14.3. The van der Waals surface area contributed by atoms with Crippen LogP contribution in [0.2, 0.25) is 4.34 Å². The molecule has 0 unspecified atom stereocenters. The third kappa shape index (κ3) is 4.61. The molecule has 0 aromatic carbocycles. The van der Waals surface area contributed by atoms with Crippen LogP contribution in [-0.4, -0.2) is 25.1 Å². The lowest BCUT2D eigenvalue weighted by molar-refractivity contribution is 0.237. The maximum absolute atomic E-state index is 11.9. The highest BCUT2D eigenvalue weighted by Gasteiger charge is 2.11. The predicted molar refractivity (Wildman–Crippen MR) is 91.7 cm³/mol. The molecule has 2 heterocycles. The van der Waals surface area contributed by atoms with Gasteiger partial charge in [0, 0.05) is 31.7 Å². The van der Waals surface area contributed by atoms with E-state index < -0.39 is 0 Å². The summed E-state index contributed by atoms with van der Waals surface area (Å²) in [6, 6.07) is 7.33. The van der Waals surface area contributed by atoms with Gasteiger partial charge in [0.2, 0.25) is 0 Å². The van der Waals surface area contributed by atoms with Crippen molar-refractivity contribution in [1.29, 1.82) is 0 Å². The number of amides is 2. The van der Waals surface area contributed by atoms with Crippen LogP contribution in [0.3, 0.4) is 0 Å². The van der Waals surface area contributed by atoms with E-state index in [1.807, 2.05) is 50.2 Å². The van der Waals surface area contributed by atoms with Crippen LogP contribution in [0.1, 0.15) is 23.4 Å². The number of pyridine rings is 1. The highest BCUT2D eigenvalue weighted by molar-refractivity contribution is 7.16. The van der Waals surface area contributed by atoms with Gasteiger partial charge in [-0.2, -0.15) is 0 Å². The van der Waals surface area contributed by atoms with Crippen LogP contribution in [-0.2, 0) is 6.54 Å². The van der Waals surface area contributed by atoms with Gasteiger partial charge < -0.3 is 15.5 Å². The minimum absolute atomic E-state index is 0.0771. The van der Waals surface area contributed by atoms with Crippen molar-refractivity contribution in [2.24, 2.45) is 0 Å². The summed E-state index contributed by atoms with van der Waals surface area (Å²) >= 11 is 7.36. The van der Waals surface area contributed by atoms with Crippen LogP contribution < -0.4 is 15.5 Å². The Morgan fingerprint density at radius 2 is 2.14 bits per heavy atom. The lowest BCUT2D eigenvalue weighted by atomic mass is 10.2. The summed E-state index contributed by atoms with van der Waals surface area (Å²) in [6.07, 6.45) is 1.76. The first-order chi connectivity index (χ1) is 10.5. The fourth-order valence-electron chi connectivity index (χ4n) is 1.85. The molecule has 2 rings (SSSR count). The first kappa shape index (κ1) is 16.6. The maximum Gasteiger partial charge on any atom is 0.315 e. The number of nitrogens with zero attached hydrogens (tertiary/aromatic N) is 2. The first-order valence-electron chi connectivity index (χ1n) is 6.87. The second kappa shape index (κ2) is 7.47. The van der Waals surface area contributed by atoms with Gasteiger partial charge in [0.25, 0.3) is 0 Å². The van der Waals surface area contributed by atoms with Crippen LogP contribution in [0.25, 0.3) is 0 Å². The molecule has 22 heavy (non-hydrogen) atoms. The van der Waals surface area contributed by atoms with E-state index in [1.54, 1.807) is 6.20 Å². The monoisotopic (exact) mass is 338 g/mol. The van der Waals surface area contributed by atoms with Gasteiger partial charge in [-0.1, -0.05) is 17.7 Å². The van der Waals surface area contributed by atoms with Gasteiger partial charge in [0.05, 0.1) is 10.4 Å². The Hall–Kier alpha value is -1.79. The molecule has 0 radical (unpaired) electrons. The number of rotatable bonds is 5. The standard InChI is InChI=1S/C15H19ClN4OS/c1-10(12-5-6-13(16)22-12)19-15(21)18-9-11-4-7-14(17-8-11)20(2)3/h4-8,10H,9H2,1-3H3,(H2,18,19,21)/t10-/m0/s1. The number of aromatic nitrogens is 1. The van der Waals surface area contributed by atoms with Crippen molar-refractivity contribution in [3.63, 3.8) is 0 Å². The normalized spacial score (nSPS) is 11.8. The molecule has 1 atom stereocenters. The van der Waals surface area contributed by atoms with E-state index in [-0.39, 0.29) is 12.1 Å². The second-order valence-corrected chi connectivity index (χ2v) is 6.86. The summed E-state index contributed by atoms with van der Waals surface area (Å²) in [5, 5.41) is 5.71. The number of anilines is 1. The van der Waals surface area contributed by atoms with E-state index in [2.05, 4.69) is 15.6 Å². The average molecular weight is 339 g/mol. The summed E-state index contributed by atoms with van der Waals surface area (Å²) in [4.78, 5) is 19.2. The topological polar surface area (TPSA) is 57.3 Å². The number of halogens is 1. The average Bonchev–Trinajstić information content (AvgIpc) is 2.92. The maximum atomic E-state index is 11.9. The third-order valence-corrected chi connectivity index (χ3v) is 4.50.